The highest BCUT2D eigenvalue weighted by atomic mass is 32.2. The fourth-order valence-corrected chi connectivity index (χ4v) is 11.3. The molecular formula is C48H34O2S2. The van der Waals surface area contributed by atoms with Crippen molar-refractivity contribution in [3.05, 3.63) is 156 Å². The molecule has 0 bridgehead atoms. The molecule has 0 unspecified atom stereocenters. The molecule has 0 fully saturated rings. The highest BCUT2D eigenvalue weighted by Crippen LogP contribution is 2.61. The van der Waals surface area contributed by atoms with Crippen molar-refractivity contribution in [2.45, 2.75) is 58.1 Å². The number of benzene rings is 7. The van der Waals surface area contributed by atoms with Gasteiger partial charge in [0.2, 0.25) is 0 Å². The van der Waals surface area contributed by atoms with Crippen molar-refractivity contribution in [1.29, 1.82) is 0 Å². The van der Waals surface area contributed by atoms with E-state index in [-0.39, 0.29) is 10.8 Å². The molecule has 11 rings (SSSR count). The van der Waals surface area contributed by atoms with Crippen molar-refractivity contribution >= 4 is 23.5 Å². The van der Waals surface area contributed by atoms with Gasteiger partial charge in [0.05, 0.1) is 0 Å². The first-order valence-electron chi connectivity index (χ1n) is 17.9. The summed E-state index contributed by atoms with van der Waals surface area (Å²) >= 11 is 3.81. The SMILES string of the molecule is CC1(C)c2ccccc2-c2c1ccc1c2Oc2c(cccc2-c2ccc(-c3ccc4c(c3)C(C)(C)c3ccc5c(c3-4)Sc3ccccc3S5)cc2)O1. The second kappa shape index (κ2) is 10.7. The second-order valence-corrected chi connectivity index (χ2v) is 17.4. The summed E-state index contributed by atoms with van der Waals surface area (Å²) in [7, 11) is 0. The van der Waals surface area contributed by atoms with Gasteiger partial charge in [-0.15, -0.1) is 0 Å². The van der Waals surface area contributed by atoms with Gasteiger partial charge in [-0.1, -0.05) is 148 Å². The lowest BCUT2D eigenvalue weighted by molar-refractivity contribution is 0.361. The summed E-state index contributed by atoms with van der Waals surface area (Å²) in [5.41, 5.74) is 14.8. The van der Waals surface area contributed by atoms with Gasteiger partial charge < -0.3 is 9.47 Å². The van der Waals surface area contributed by atoms with Crippen LogP contribution in [0.2, 0.25) is 0 Å². The zero-order chi connectivity index (χ0) is 34.9. The highest BCUT2D eigenvalue weighted by molar-refractivity contribution is 8.05. The average molecular weight is 707 g/mol. The molecule has 0 saturated carbocycles. The maximum absolute atomic E-state index is 6.91. The maximum Gasteiger partial charge on any atom is 0.178 e. The van der Waals surface area contributed by atoms with Crippen LogP contribution in [0.25, 0.3) is 44.5 Å². The number of hydrogen-bond acceptors (Lipinski definition) is 4. The van der Waals surface area contributed by atoms with Gasteiger partial charge in [0.1, 0.15) is 0 Å². The van der Waals surface area contributed by atoms with Crippen LogP contribution in [0, 0.1) is 0 Å². The fraction of sp³-hybridized carbons (Fsp3) is 0.125. The summed E-state index contributed by atoms with van der Waals surface area (Å²) in [6, 6.07) is 48.6. The van der Waals surface area contributed by atoms with Crippen LogP contribution >= 0.6 is 23.5 Å². The predicted octanol–water partition coefficient (Wildman–Crippen LogP) is 14.1. The zero-order valence-electron chi connectivity index (χ0n) is 29.3. The van der Waals surface area contributed by atoms with Crippen LogP contribution in [0.3, 0.4) is 0 Å². The maximum atomic E-state index is 6.91. The summed E-state index contributed by atoms with van der Waals surface area (Å²) in [5.74, 6) is 3.06. The molecule has 0 radical (unpaired) electrons. The number of fused-ring (bicyclic) bond motifs is 12. The highest BCUT2D eigenvalue weighted by Gasteiger charge is 2.41. The first-order valence-corrected chi connectivity index (χ1v) is 19.5. The molecule has 0 N–H and O–H groups in total. The van der Waals surface area contributed by atoms with Gasteiger partial charge in [-0.2, -0.15) is 0 Å². The number of rotatable bonds is 2. The topological polar surface area (TPSA) is 18.5 Å². The molecule has 7 aromatic carbocycles. The summed E-state index contributed by atoms with van der Waals surface area (Å²) < 4.78 is 13.5. The first kappa shape index (κ1) is 30.5. The van der Waals surface area contributed by atoms with E-state index < -0.39 is 0 Å². The van der Waals surface area contributed by atoms with E-state index in [1.54, 1.807) is 0 Å². The van der Waals surface area contributed by atoms with E-state index in [2.05, 4.69) is 155 Å². The van der Waals surface area contributed by atoms with Gasteiger partial charge >= 0.3 is 0 Å². The van der Waals surface area contributed by atoms with Crippen LogP contribution in [0.5, 0.6) is 23.0 Å². The molecule has 0 amide bonds. The van der Waals surface area contributed by atoms with Crippen molar-refractivity contribution < 1.29 is 9.47 Å². The van der Waals surface area contributed by atoms with Gasteiger partial charge in [-0.3, -0.25) is 0 Å². The monoisotopic (exact) mass is 706 g/mol. The molecular weight excluding hydrogens is 673 g/mol. The molecule has 0 atom stereocenters. The zero-order valence-corrected chi connectivity index (χ0v) is 31.0. The smallest absolute Gasteiger partial charge is 0.178 e. The Hall–Kier alpha value is -5.16. The van der Waals surface area contributed by atoms with Gasteiger partial charge in [0, 0.05) is 47.1 Å². The van der Waals surface area contributed by atoms with Crippen molar-refractivity contribution in [1.82, 2.24) is 0 Å². The molecule has 4 aliphatic rings. The molecule has 2 heterocycles. The Morgan fingerprint density at radius 2 is 1.04 bits per heavy atom. The molecule has 2 aliphatic heterocycles. The molecule has 2 aliphatic carbocycles. The lowest BCUT2D eigenvalue weighted by Gasteiger charge is -2.26. The third kappa shape index (κ3) is 4.17. The first-order chi connectivity index (χ1) is 25.3. The third-order valence-electron chi connectivity index (χ3n) is 11.6. The van der Waals surface area contributed by atoms with Gasteiger partial charge in [-0.05, 0) is 86.5 Å². The van der Waals surface area contributed by atoms with Crippen LogP contribution < -0.4 is 9.47 Å². The molecule has 0 saturated heterocycles. The van der Waals surface area contributed by atoms with Crippen molar-refractivity contribution in [3.63, 3.8) is 0 Å². The molecule has 7 aromatic rings. The number of ether oxygens (including phenoxy) is 2. The van der Waals surface area contributed by atoms with Gasteiger partial charge in [0.25, 0.3) is 0 Å². The standard InChI is InChI=1S/C48H34O2S2/c1-47(2)33-12-6-5-10-31(33)42-34(47)22-24-38-45(42)50-44-30(11-9-13-37(44)49-38)28-18-16-27(17-19-28)29-20-21-32-36(26-29)48(3,4)35-23-25-41-46(43(32)35)52-40-15-8-7-14-39(40)51-41/h5-26H,1-4H3. The van der Waals surface area contributed by atoms with Crippen LogP contribution in [-0.2, 0) is 10.8 Å². The van der Waals surface area contributed by atoms with E-state index in [1.165, 1.54) is 69.7 Å². The van der Waals surface area contributed by atoms with Gasteiger partial charge in [-0.25, -0.2) is 0 Å². The molecule has 52 heavy (non-hydrogen) atoms. The Labute approximate surface area is 312 Å². The number of hydrogen-bond donors (Lipinski definition) is 0. The fourth-order valence-electron chi connectivity index (χ4n) is 8.90. The van der Waals surface area contributed by atoms with E-state index >= 15 is 0 Å². The van der Waals surface area contributed by atoms with Gasteiger partial charge in [0.15, 0.2) is 23.0 Å². The Balaban J connectivity index is 0.944. The third-order valence-corrected chi connectivity index (χ3v) is 14.2. The van der Waals surface area contributed by atoms with E-state index in [1.807, 2.05) is 29.6 Å². The van der Waals surface area contributed by atoms with E-state index in [0.717, 1.165) is 39.7 Å². The lowest BCUT2D eigenvalue weighted by atomic mass is 9.81. The van der Waals surface area contributed by atoms with Crippen molar-refractivity contribution in [2.24, 2.45) is 0 Å². The Morgan fingerprint density at radius 1 is 0.404 bits per heavy atom. The average Bonchev–Trinajstić information content (AvgIpc) is 3.55. The quantitative estimate of drug-likeness (QED) is 0.178. The van der Waals surface area contributed by atoms with Crippen LogP contribution in [0.4, 0.5) is 0 Å². The molecule has 2 nitrogen and oxygen atoms in total. The van der Waals surface area contributed by atoms with E-state index in [9.17, 15) is 0 Å². The van der Waals surface area contributed by atoms with Crippen LogP contribution in [0.15, 0.2) is 153 Å². The minimum absolute atomic E-state index is 0.0928. The van der Waals surface area contributed by atoms with Crippen LogP contribution in [-0.4, -0.2) is 0 Å². The summed E-state index contributed by atoms with van der Waals surface area (Å²) in [5, 5.41) is 0. The molecule has 4 heteroatoms. The summed E-state index contributed by atoms with van der Waals surface area (Å²) in [6.45, 7) is 9.33. The van der Waals surface area contributed by atoms with Crippen molar-refractivity contribution in [3.8, 4) is 67.5 Å². The number of para-hydroxylation sites is 1. The van der Waals surface area contributed by atoms with Crippen LogP contribution in [0.1, 0.15) is 49.9 Å². The normalized spacial score (nSPS) is 15.8. The Kier molecular flexibility index (Phi) is 6.26. The molecule has 0 aromatic heterocycles. The summed E-state index contributed by atoms with van der Waals surface area (Å²) in [6.07, 6.45) is 0. The van der Waals surface area contributed by atoms with E-state index in [4.69, 9.17) is 9.47 Å². The minimum atomic E-state index is -0.112. The van der Waals surface area contributed by atoms with Crippen molar-refractivity contribution in [2.75, 3.05) is 0 Å². The lowest BCUT2D eigenvalue weighted by Crippen LogP contribution is -2.15. The summed E-state index contributed by atoms with van der Waals surface area (Å²) in [4.78, 5) is 5.43. The predicted molar refractivity (Wildman–Crippen MR) is 214 cm³/mol. The Morgan fingerprint density at radius 3 is 1.88 bits per heavy atom. The second-order valence-electron chi connectivity index (χ2n) is 15.3. The Bertz CT molecular complexity index is 2680. The molecule has 0 spiro atoms. The largest absolute Gasteiger partial charge is 0.449 e. The molecule has 250 valence electrons. The van der Waals surface area contributed by atoms with E-state index in [0.29, 0.717) is 0 Å². The minimum Gasteiger partial charge on any atom is -0.449 e.